The van der Waals surface area contributed by atoms with Gasteiger partial charge in [-0.05, 0) is 12.8 Å². The molecule has 66 valence electrons. The maximum absolute atomic E-state index is 11.0. The molecular formula is C10H15NO. The number of hydrogen-bond acceptors (Lipinski definition) is 2. The van der Waals surface area contributed by atoms with Crippen LogP contribution in [0.3, 0.4) is 0 Å². The number of Topliss-reactive ketones (excluding diaryl/α,β-unsaturated/α-hetero) is 1. The van der Waals surface area contributed by atoms with Gasteiger partial charge in [-0.1, -0.05) is 12.2 Å². The molecule has 2 heteroatoms. The van der Waals surface area contributed by atoms with Gasteiger partial charge in [-0.25, -0.2) is 0 Å². The predicted molar refractivity (Wildman–Crippen MR) is 48.0 cm³/mol. The first-order valence-electron chi connectivity index (χ1n) is 4.77. The zero-order valence-corrected chi connectivity index (χ0v) is 7.33. The average Bonchev–Trinajstić information content (AvgIpc) is 2.58. The fourth-order valence-corrected chi connectivity index (χ4v) is 2.08. The van der Waals surface area contributed by atoms with Crippen LogP contribution < -0.4 is 0 Å². The van der Waals surface area contributed by atoms with E-state index in [1.165, 1.54) is 0 Å². The highest BCUT2D eigenvalue weighted by molar-refractivity contribution is 5.79. The van der Waals surface area contributed by atoms with E-state index in [1.54, 1.807) is 0 Å². The van der Waals surface area contributed by atoms with E-state index in [9.17, 15) is 4.79 Å². The van der Waals surface area contributed by atoms with Crippen molar-refractivity contribution in [1.29, 1.82) is 0 Å². The Balaban J connectivity index is 1.85. The molecule has 2 rings (SSSR count). The van der Waals surface area contributed by atoms with E-state index < -0.39 is 0 Å². The Bertz CT molecular complexity index is 192. The zero-order chi connectivity index (χ0) is 8.39. The van der Waals surface area contributed by atoms with Crippen molar-refractivity contribution in [2.75, 3.05) is 13.1 Å². The number of ketones is 1. The highest BCUT2D eigenvalue weighted by atomic mass is 16.1. The van der Waals surface area contributed by atoms with Gasteiger partial charge in [0.05, 0.1) is 0 Å². The molecule has 2 aliphatic rings. The van der Waals surface area contributed by atoms with Gasteiger partial charge in [0.15, 0.2) is 0 Å². The first-order valence-corrected chi connectivity index (χ1v) is 4.77. The van der Waals surface area contributed by atoms with Crippen molar-refractivity contribution in [1.82, 2.24) is 4.90 Å². The third-order valence-corrected chi connectivity index (χ3v) is 2.88. The molecule has 0 unspecified atom stereocenters. The largest absolute Gasteiger partial charge is 0.300 e. The molecule has 0 bridgehead atoms. The minimum atomic E-state index is 0.457. The number of nitrogens with zero attached hydrogens (tertiary/aromatic N) is 1. The molecule has 1 saturated carbocycles. The van der Waals surface area contributed by atoms with Crippen molar-refractivity contribution in [3.8, 4) is 0 Å². The molecule has 1 aliphatic carbocycles. The van der Waals surface area contributed by atoms with Crippen LogP contribution in [0.5, 0.6) is 0 Å². The van der Waals surface area contributed by atoms with Gasteiger partial charge in [0.2, 0.25) is 0 Å². The van der Waals surface area contributed by atoms with Crippen LogP contribution in [-0.2, 0) is 4.79 Å². The first kappa shape index (κ1) is 7.99. The molecule has 0 aromatic heterocycles. The van der Waals surface area contributed by atoms with Crippen LogP contribution in [0.15, 0.2) is 12.2 Å². The molecule has 0 radical (unpaired) electrons. The summed E-state index contributed by atoms with van der Waals surface area (Å²) in [6.45, 7) is 2.19. The van der Waals surface area contributed by atoms with Crippen LogP contribution in [0.1, 0.15) is 25.7 Å². The predicted octanol–water partition coefficient (Wildman–Crippen LogP) is 1.37. The van der Waals surface area contributed by atoms with Gasteiger partial charge in [0.1, 0.15) is 5.78 Å². The first-order chi connectivity index (χ1) is 5.86. The SMILES string of the molecule is O=C1CCC(N2CC=CC2)CC1. The summed E-state index contributed by atoms with van der Waals surface area (Å²) >= 11 is 0. The van der Waals surface area contributed by atoms with Crippen LogP contribution >= 0.6 is 0 Å². The van der Waals surface area contributed by atoms with E-state index in [0.717, 1.165) is 38.8 Å². The summed E-state index contributed by atoms with van der Waals surface area (Å²) in [5.74, 6) is 0.457. The molecule has 1 heterocycles. The summed E-state index contributed by atoms with van der Waals surface area (Å²) in [6, 6.07) is 0.678. The van der Waals surface area contributed by atoms with Gasteiger partial charge < -0.3 is 0 Å². The molecule has 1 fully saturated rings. The Morgan fingerprint density at radius 3 is 2.33 bits per heavy atom. The van der Waals surface area contributed by atoms with Gasteiger partial charge in [-0.15, -0.1) is 0 Å². The monoisotopic (exact) mass is 165 g/mol. The third kappa shape index (κ3) is 1.58. The lowest BCUT2D eigenvalue weighted by Gasteiger charge is -2.29. The molecule has 0 aromatic carbocycles. The number of rotatable bonds is 1. The summed E-state index contributed by atoms with van der Waals surface area (Å²) in [5.41, 5.74) is 0. The summed E-state index contributed by atoms with van der Waals surface area (Å²) < 4.78 is 0. The third-order valence-electron chi connectivity index (χ3n) is 2.88. The van der Waals surface area contributed by atoms with Crippen molar-refractivity contribution in [3.63, 3.8) is 0 Å². The Labute approximate surface area is 73.2 Å². The maximum Gasteiger partial charge on any atom is 0.133 e. The smallest absolute Gasteiger partial charge is 0.133 e. The van der Waals surface area contributed by atoms with Crippen molar-refractivity contribution in [2.24, 2.45) is 0 Å². The molecule has 0 spiro atoms. The zero-order valence-electron chi connectivity index (χ0n) is 7.33. The summed E-state index contributed by atoms with van der Waals surface area (Å²) in [5, 5.41) is 0. The van der Waals surface area contributed by atoms with Crippen LogP contribution in [-0.4, -0.2) is 29.8 Å². The van der Waals surface area contributed by atoms with Crippen LogP contribution in [0.25, 0.3) is 0 Å². The quantitative estimate of drug-likeness (QED) is 0.547. The summed E-state index contributed by atoms with van der Waals surface area (Å²) in [4.78, 5) is 13.5. The van der Waals surface area contributed by atoms with Gasteiger partial charge in [0.25, 0.3) is 0 Å². The van der Waals surface area contributed by atoms with Gasteiger partial charge in [0, 0.05) is 32.0 Å². The second kappa shape index (κ2) is 3.40. The fraction of sp³-hybridized carbons (Fsp3) is 0.700. The van der Waals surface area contributed by atoms with E-state index in [0.29, 0.717) is 11.8 Å². The lowest BCUT2D eigenvalue weighted by Crippen LogP contribution is -2.36. The van der Waals surface area contributed by atoms with Crippen LogP contribution in [0.2, 0.25) is 0 Å². The van der Waals surface area contributed by atoms with Crippen molar-refractivity contribution in [3.05, 3.63) is 12.2 Å². The van der Waals surface area contributed by atoms with Crippen molar-refractivity contribution >= 4 is 5.78 Å². The van der Waals surface area contributed by atoms with E-state index in [4.69, 9.17) is 0 Å². The Kier molecular flexibility index (Phi) is 2.26. The Morgan fingerprint density at radius 1 is 1.17 bits per heavy atom. The average molecular weight is 165 g/mol. The molecular weight excluding hydrogens is 150 g/mol. The fourth-order valence-electron chi connectivity index (χ4n) is 2.08. The minimum Gasteiger partial charge on any atom is -0.300 e. The summed E-state index contributed by atoms with van der Waals surface area (Å²) in [6.07, 6.45) is 8.22. The van der Waals surface area contributed by atoms with Gasteiger partial charge in [-0.3, -0.25) is 9.69 Å². The van der Waals surface area contributed by atoms with E-state index in [-0.39, 0.29) is 0 Å². The summed E-state index contributed by atoms with van der Waals surface area (Å²) in [7, 11) is 0. The molecule has 0 saturated heterocycles. The van der Waals surface area contributed by atoms with E-state index in [1.807, 2.05) is 0 Å². The number of hydrogen-bond donors (Lipinski definition) is 0. The lowest BCUT2D eigenvalue weighted by molar-refractivity contribution is -0.121. The molecule has 0 N–H and O–H groups in total. The maximum atomic E-state index is 11.0. The van der Waals surface area contributed by atoms with E-state index >= 15 is 0 Å². The van der Waals surface area contributed by atoms with Gasteiger partial charge >= 0.3 is 0 Å². The Hall–Kier alpha value is -0.630. The van der Waals surface area contributed by atoms with Crippen LogP contribution in [0, 0.1) is 0 Å². The van der Waals surface area contributed by atoms with Crippen molar-refractivity contribution < 1.29 is 4.79 Å². The lowest BCUT2D eigenvalue weighted by atomic mass is 9.93. The van der Waals surface area contributed by atoms with Gasteiger partial charge in [-0.2, -0.15) is 0 Å². The molecule has 12 heavy (non-hydrogen) atoms. The molecule has 0 aromatic rings. The van der Waals surface area contributed by atoms with Crippen LogP contribution in [0.4, 0.5) is 0 Å². The topological polar surface area (TPSA) is 20.3 Å². The Morgan fingerprint density at radius 2 is 1.75 bits per heavy atom. The highest BCUT2D eigenvalue weighted by Crippen LogP contribution is 2.21. The second-order valence-electron chi connectivity index (χ2n) is 3.70. The minimum absolute atomic E-state index is 0.457. The number of carbonyl (C=O) groups is 1. The standard InChI is InChI=1S/C10H15NO/c12-10-5-3-9(4-6-10)11-7-1-2-8-11/h1-2,9H,3-8H2. The van der Waals surface area contributed by atoms with E-state index in [2.05, 4.69) is 17.1 Å². The molecule has 0 atom stereocenters. The van der Waals surface area contributed by atoms with Crippen molar-refractivity contribution in [2.45, 2.75) is 31.7 Å². The molecule has 1 aliphatic heterocycles. The molecule has 2 nitrogen and oxygen atoms in total. The normalized spacial score (nSPS) is 26.8. The highest BCUT2D eigenvalue weighted by Gasteiger charge is 2.24. The number of carbonyl (C=O) groups excluding carboxylic acids is 1. The molecule has 0 amide bonds. The second-order valence-corrected chi connectivity index (χ2v) is 3.70.